The molecule has 2 amide bonds. The molecule has 1 aliphatic rings. The molecule has 1 saturated heterocycles. The largest absolute Gasteiger partial charge is 0.359 e. The first-order chi connectivity index (χ1) is 9.01. The molecule has 0 bridgehead atoms. The van der Waals surface area contributed by atoms with Gasteiger partial charge in [-0.2, -0.15) is 0 Å². The number of nitrogens with zero attached hydrogens (tertiary/aromatic N) is 2. The van der Waals surface area contributed by atoms with Gasteiger partial charge in [0.25, 0.3) is 5.91 Å². The van der Waals surface area contributed by atoms with E-state index in [0.29, 0.717) is 24.7 Å². The molecule has 0 spiro atoms. The van der Waals surface area contributed by atoms with Crippen LogP contribution in [-0.2, 0) is 11.2 Å². The quantitative estimate of drug-likeness (QED) is 0.901. The number of nitrogens with one attached hydrogen (secondary N) is 1. The second-order valence-corrected chi connectivity index (χ2v) is 6.19. The van der Waals surface area contributed by atoms with Crippen molar-refractivity contribution in [2.75, 3.05) is 20.1 Å². The van der Waals surface area contributed by atoms with Gasteiger partial charge in [-0.25, -0.2) is 4.98 Å². The Morgan fingerprint density at radius 1 is 1.53 bits per heavy atom. The number of hydrogen-bond acceptors (Lipinski definition) is 4. The molecule has 104 valence electrons. The van der Waals surface area contributed by atoms with Gasteiger partial charge < -0.3 is 10.2 Å². The third-order valence-corrected chi connectivity index (χ3v) is 4.01. The first-order valence-electron chi connectivity index (χ1n) is 6.46. The summed E-state index contributed by atoms with van der Waals surface area (Å²) in [6, 6.07) is 0. The highest BCUT2D eigenvalue weighted by molar-refractivity contribution is 7.09. The molecule has 0 radical (unpaired) electrons. The minimum Gasteiger partial charge on any atom is -0.359 e. The van der Waals surface area contributed by atoms with Crippen LogP contribution >= 0.6 is 11.3 Å². The molecule has 0 atom stereocenters. The summed E-state index contributed by atoms with van der Waals surface area (Å²) in [5.74, 6) is 0.410. The van der Waals surface area contributed by atoms with Gasteiger partial charge in [-0.1, -0.05) is 13.8 Å². The molecular weight excluding hydrogens is 262 g/mol. The predicted octanol–water partition coefficient (Wildman–Crippen LogP) is 1.16. The lowest BCUT2D eigenvalue weighted by atomic mass is 9.99. The number of hydrogen-bond donors (Lipinski definition) is 1. The first-order valence-corrected chi connectivity index (χ1v) is 7.34. The Bertz CT molecular complexity index is 478. The summed E-state index contributed by atoms with van der Waals surface area (Å²) in [5, 5.41) is 5.42. The summed E-state index contributed by atoms with van der Waals surface area (Å²) in [7, 11) is 1.62. The molecule has 19 heavy (non-hydrogen) atoms. The van der Waals surface area contributed by atoms with Crippen molar-refractivity contribution in [2.24, 2.45) is 11.8 Å². The minimum atomic E-state index is -0.0669. The molecule has 1 aromatic rings. The number of amides is 2. The summed E-state index contributed by atoms with van der Waals surface area (Å²) in [4.78, 5) is 29.5. The molecule has 2 heterocycles. The summed E-state index contributed by atoms with van der Waals surface area (Å²) in [6.07, 6.45) is 0.902. The Morgan fingerprint density at radius 2 is 2.21 bits per heavy atom. The van der Waals surface area contributed by atoms with Crippen LogP contribution in [-0.4, -0.2) is 41.8 Å². The average Bonchev–Trinajstić information content (AvgIpc) is 2.74. The van der Waals surface area contributed by atoms with Crippen molar-refractivity contribution in [1.29, 1.82) is 0 Å². The van der Waals surface area contributed by atoms with Crippen LogP contribution in [0.5, 0.6) is 0 Å². The summed E-state index contributed by atoms with van der Waals surface area (Å²) in [6.45, 7) is 5.25. The van der Waals surface area contributed by atoms with E-state index in [0.717, 1.165) is 11.4 Å². The van der Waals surface area contributed by atoms with Crippen molar-refractivity contribution < 1.29 is 9.59 Å². The summed E-state index contributed by atoms with van der Waals surface area (Å²) < 4.78 is 0. The number of rotatable bonds is 4. The van der Waals surface area contributed by atoms with Crippen LogP contribution in [0.2, 0.25) is 0 Å². The minimum absolute atomic E-state index is 0.00262. The molecular formula is C13H19N3O2S. The van der Waals surface area contributed by atoms with Gasteiger partial charge in [0.1, 0.15) is 5.69 Å². The first kappa shape index (κ1) is 14.0. The van der Waals surface area contributed by atoms with Gasteiger partial charge in [-0.3, -0.25) is 9.59 Å². The second kappa shape index (κ2) is 5.69. The fourth-order valence-corrected chi connectivity index (χ4v) is 3.01. The van der Waals surface area contributed by atoms with Crippen LogP contribution in [0.15, 0.2) is 5.38 Å². The van der Waals surface area contributed by atoms with E-state index in [1.54, 1.807) is 11.9 Å². The van der Waals surface area contributed by atoms with Crippen molar-refractivity contribution >= 4 is 23.2 Å². The molecule has 0 unspecified atom stereocenters. The van der Waals surface area contributed by atoms with E-state index >= 15 is 0 Å². The molecule has 6 heteroatoms. The maximum Gasteiger partial charge on any atom is 0.273 e. The van der Waals surface area contributed by atoms with E-state index in [2.05, 4.69) is 24.1 Å². The maximum absolute atomic E-state index is 12.1. The SMILES string of the molecule is CNC(=O)C1CN(C(=O)c2csc(CC(C)C)n2)C1. The van der Waals surface area contributed by atoms with Crippen molar-refractivity contribution in [1.82, 2.24) is 15.2 Å². The fraction of sp³-hybridized carbons (Fsp3) is 0.615. The lowest BCUT2D eigenvalue weighted by Crippen LogP contribution is -2.55. The standard InChI is InChI=1S/C13H19N3O2S/c1-8(2)4-11-15-10(7-19-11)13(18)16-5-9(6-16)12(17)14-3/h7-9H,4-6H2,1-3H3,(H,14,17). The summed E-state index contributed by atoms with van der Waals surface area (Å²) >= 11 is 1.53. The Kier molecular flexibility index (Phi) is 4.19. The van der Waals surface area contributed by atoms with Gasteiger partial charge in [0.2, 0.25) is 5.91 Å². The normalized spacial score (nSPS) is 15.5. The molecule has 2 rings (SSSR count). The van der Waals surface area contributed by atoms with Gasteiger partial charge in [0.15, 0.2) is 0 Å². The molecule has 0 aliphatic carbocycles. The number of carbonyl (C=O) groups excluding carboxylic acids is 2. The summed E-state index contributed by atoms with van der Waals surface area (Å²) in [5.41, 5.74) is 0.510. The third-order valence-electron chi connectivity index (χ3n) is 3.14. The van der Waals surface area contributed by atoms with E-state index in [9.17, 15) is 9.59 Å². The van der Waals surface area contributed by atoms with Crippen LogP contribution in [0, 0.1) is 11.8 Å². The molecule has 1 N–H and O–H groups in total. The predicted molar refractivity (Wildman–Crippen MR) is 74.1 cm³/mol. The van der Waals surface area contributed by atoms with Gasteiger partial charge in [-0.05, 0) is 5.92 Å². The number of thiazole rings is 1. The Morgan fingerprint density at radius 3 is 2.79 bits per heavy atom. The topological polar surface area (TPSA) is 62.3 Å². The van der Waals surface area contributed by atoms with Crippen molar-refractivity contribution in [2.45, 2.75) is 20.3 Å². The van der Waals surface area contributed by atoms with Gasteiger partial charge in [-0.15, -0.1) is 11.3 Å². The van der Waals surface area contributed by atoms with E-state index in [-0.39, 0.29) is 17.7 Å². The zero-order chi connectivity index (χ0) is 14.0. The van der Waals surface area contributed by atoms with Crippen molar-refractivity contribution in [3.8, 4) is 0 Å². The monoisotopic (exact) mass is 281 g/mol. The second-order valence-electron chi connectivity index (χ2n) is 5.25. The van der Waals surface area contributed by atoms with E-state index < -0.39 is 0 Å². The van der Waals surface area contributed by atoms with Gasteiger partial charge >= 0.3 is 0 Å². The molecule has 1 aromatic heterocycles. The zero-order valence-corrected chi connectivity index (χ0v) is 12.3. The Balaban J connectivity index is 1.91. The van der Waals surface area contributed by atoms with E-state index in [1.165, 1.54) is 11.3 Å². The third kappa shape index (κ3) is 3.12. The highest BCUT2D eigenvalue weighted by Gasteiger charge is 2.36. The smallest absolute Gasteiger partial charge is 0.273 e. The van der Waals surface area contributed by atoms with Crippen molar-refractivity contribution in [3.63, 3.8) is 0 Å². The molecule has 1 aliphatic heterocycles. The van der Waals surface area contributed by atoms with Gasteiger partial charge in [0.05, 0.1) is 10.9 Å². The lowest BCUT2D eigenvalue weighted by Gasteiger charge is -2.37. The molecule has 1 fully saturated rings. The van der Waals surface area contributed by atoms with Crippen LogP contribution in [0.25, 0.3) is 0 Å². The van der Waals surface area contributed by atoms with Crippen molar-refractivity contribution in [3.05, 3.63) is 16.1 Å². The van der Waals surface area contributed by atoms with E-state index in [4.69, 9.17) is 0 Å². The van der Waals surface area contributed by atoms with Crippen LogP contribution in [0.4, 0.5) is 0 Å². The van der Waals surface area contributed by atoms with Crippen LogP contribution in [0.1, 0.15) is 29.3 Å². The Labute approximate surface area is 117 Å². The van der Waals surface area contributed by atoms with Crippen LogP contribution < -0.4 is 5.32 Å². The van der Waals surface area contributed by atoms with Crippen LogP contribution in [0.3, 0.4) is 0 Å². The van der Waals surface area contributed by atoms with Gasteiger partial charge in [0, 0.05) is 31.9 Å². The average molecular weight is 281 g/mol. The highest BCUT2D eigenvalue weighted by atomic mass is 32.1. The fourth-order valence-electron chi connectivity index (χ4n) is 2.03. The Hall–Kier alpha value is -1.43. The highest BCUT2D eigenvalue weighted by Crippen LogP contribution is 2.21. The molecule has 5 nitrogen and oxygen atoms in total. The number of carbonyl (C=O) groups is 2. The van der Waals surface area contributed by atoms with E-state index in [1.807, 2.05) is 5.38 Å². The maximum atomic E-state index is 12.1. The zero-order valence-electron chi connectivity index (χ0n) is 11.5. The lowest BCUT2D eigenvalue weighted by molar-refractivity contribution is -0.128. The number of likely N-dealkylation sites (tertiary alicyclic amines) is 1. The molecule has 0 saturated carbocycles. The number of aromatic nitrogens is 1. The molecule has 0 aromatic carbocycles.